The number of rotatable bonds is 6. The molecule has 0 spiro atoms. The molecule has 0 fully saturated rings. The van der Waals surface area contributed by atoms with Crippen molar-refractivity contribution >= 4 is 24.0 Å². The molecule has 0 saturated carbocycles. The van der Waals surface area contributed by atoms with Crippen LogP contribution in [0.5, 0.6) is 11.5 Å². The van der Waals surface area contributed by atoms with Gasteiger partial charge in [-0.15, -0.1) is 12.4 Å². The van der Waals surface area contributed by atoms with Gasteiger partial charge in [-0.25, -0.2) is 0 Å². The Bertz CT molecular complexity index is 370. The van der Waals surface area contributed by atoms with Crippen LogP contribution in [-0.2, 0) is 6.54 Å². The summed E-state index contributed by atoms with van der Waals surface area (Å²) < 4.78 is 10.9. The molecule has 3 nitrogen and oxygen atoms in total. The fraction of sp³-hybridized carbons (Fsp3) is 0.538. The SMILES string of the molecule is CCOc1c(CNC(C)C)cc(Cl)cc1OC.Cl. The summed E-state index contributed by atoms with van der Waals surface area (Å²) >= 11 is 6.05. The van der Waals surface area contributed by atoms with Crippen LogP contribution in [0.4, 0.5) is 0 Å². The van der Waals surface area contributed by atoms with Crippen LogP contribution in [0.2, 0.25) is 5.02 Å². The number of halogens is 2. The van der Waals surface area contributed by atoms with Crippen molar-refractivity contribution < 1.29 is 9.47 Å². The van der Waals surface area contributed by atoms with Crippen molar-refractivity contribution in [2.45, 2.75) is 33.4 Å². The van der Waals surface area contributed by atoms with Gasteiger partial charge in [0.2, 0.25) is 0 Å². The fourth-order valence-electron chi connectivity index (χ4n) is 1.53. The Morgan fingerprint density at radius 1 is 1.33 bits per heavy atom. The van der Waals surface area contributed by atoms with E-state index in [0.29, 0.717) is 30.0 Å². The van der Waals surface area contributed by atoms with Gasteiger partial charge in [0, 0.05) is 29.2 Å². The summed E-state index contributed by atoms with van der Waals surface area (Å²) in [6, 6.07) is 4.09. The van der Waals surface area contributed by atoms with E-state index in [-0.39, 0.29) is 12.4 Å². The normalized spacial score (nSPS) is 10.1. The predicted octanol–water partition coefficient (Wildman–Crippen LogP) is 3.67. The molecule has 1 N–H and O–H groups in total. The summed E-state index contributed by atoms with van der Waals surface area (Å²) in [5.74, 6) is 1.45. The first-order valence-electron chi connectivity index (χ1n) is 5.81. The molecular weight excluding hydrogens is 273 g/mol. The highest BCUT2D eigenvalue weighted by molar-refractivity contribution is 6.30. The molecule has 1 aromatic carbocycles. The van der Waals surface area contributed by atoms with E-state index in [1.165, 1.54) is 0 Å². The summed E-state index contributed by atoms with van der Waals surface area (Å²) in [4.78, 5) is 0. The second-order valence-electron chi connectivity index (χ2n) is 4.06. The largest absolute Gasteiger partial charge is 0.493 e. The van der Waals surface area contributed by atoms with Gasteiger partial charge < -0.3 is 14.8 Å². The lowest BCUT2D eigenvalue weighted by Gasteiger charge is -2.16. The minimum absolute atomic E-state index is 0. The third-order valence-electron chi connectivity index (χ3n) is 2.31. The van der Waals surface area contributed by atoms with Gasteiger partial charge in [0.05, 0.1) is 13.7 Å². The highest BCUT2D eigenvalue weighted by Crippen LogP contribution is 2.34. The van der Waals surface area contributed by atoms with Crippen molar-refractivity contribution in [2.75, 3.05) is 13.7 Å². The van der Waals surface area contributed by atoms with Crippen LogP contribution in [0.25, 0.3) is 0 Å². The van der Waals surface area contributed by atoms with Crippen LogP contribution in [0.3, 0.4) is 0 Å². The van der Waals surface area contributed by atoms with Crippen LogP contribution in [0.1, 0.15) is 26.3 Å². The number of hydrogen-bond donors (Lipinski definition) is 1. The third-order valence-corrected chi connectivity index (χ3v) is 2.52. The second kappa shape index (κ2) is 8.46. The zero-order valence-corrected chi connectivity index (χ0v) is 12.8. The maximum Gasteiger partial charge on any atom is 0.165 e. The monoisotopic (exact) mass is 293 g/mol. The highest BCUT2D eigenvalue weighted by Gasteiger charge is 2.12. The lowest BCUT2D eigenvalue weighted by molar-refractivity contribution is 0.306. The van der Waals surface area contributed by atoms with Crippen molar-refractivity contribution in [3.63, 3.8) is 0 Å². The van der Waals surface area contributed by atoms with E-state index in [4.69, 9.17) is 21.1 Å². The van der Waals surface area contributed by atoms with Crippen LogP contribution < -0.4 is 14.8 Å². The van der Waals surface area contributed by atoms with E-state index in [0.717, 1.165) is 11.3 Å². The first kappa shape index (κ1) is 17.4. The van der Waals surface area contributed by atoms with Gasteiger partial charge in [-0.05, 0) is 13.0 Å². The topological polar surface area (TPSA) is 30.5 Å². The molecule has 0 radical (unpaired) electrons. The van der Waals surface area contributed by atoms with Crippen molar-refractivity contribution in [1.29, 1.82) is 0 Å². The quantitative estimate of drug-likeness (QED) is 0.868. The lowest BCUT2D eigenvalue weighted by atomic mass is 10.1. The predicted molar refractivity (Wildman–Crippen MR) is 78.4 cm³/mol. The van der Waals surface area contributed by atoms with Crippen molar-refractivity contribution in [2.24, 2.45) is 0 Å². The molecule has 0 heterocycles. The molecule has 104 valence electrons. The van der Waals surface area contributed by atoms with E-state index in [1.807, 2.05) is 13.0 Å². The van der Waals surface area contributed by atoms with Gasteiger partial charge >= 0.3 is 0 Å². The average molecular weight is 294 g/mol. The lowest BCUT2D eigenvalue weighted by Crippen LogP contribution is -2.22. The summed E-state index contributed by atoms with van der Waals surface area (Å²) in [5, 5.41) is 4.00. The van der Waals surface area contributed by atoms with Gasteiger partial charge in [-0.3, -0.25) is 0 Å². The Morgan fingerprint density at radius 2 is 2.00 bits per heavy atom. The van der Waals surface area contributed by atoms with Gasteiger partial charge in [-0.2, -0.15) is 0 Å². The molecule has 0 atom stereocenters. The Morgan fingerprint density at radius 3 is 2.50 bits per heavy atom. The number of nitrogens with one attached hydrogen (secondary N) is 1. The zero-order chi connectivity index (χ0) is 12.8. The van der Waals surface area contributed by atoms with E-state index in [1.54, 1.807) is 13.2 Å². The molecule has 1 aromatic rings. The maximum atomic E-state index is 6.05. The van der Waals surface area contributed by atoms with Crippen LogP contribution >= 0.6 is 24.0 Å². The number of benzene rings is 1. The van der Waals surface area contributed by atoms with Crippen LogP contribution in [0, 0.1) is 0 Å². The molecule has 0 aromatic heterocycles. The Hall–Kier alpha value is -0.640. The Balaban J connectivity index is 0.00000289. The standard InChI is InChI=1S/C13H20ClNO2.ClH/c1-5-17-13-10(8-15-9(2)3)6-11(14)7-12(13)16-4;/h6-7,9,15H,5,8H2,1-4H3;1H. The molecule has 0 aliphatic carbocycles. The third kappa shape index (κ3) is 4.92. The zero-order valence-electron chi connectivity index (χ0n) is 11.2. The summed E-state index contributed by atoms with van der Waals surface area (Å²) in [6.45, 7) is 7.47. The van der Waals surface area contributed by atoms with Crippen molar-refractivity contribution in [3.05, 3.63) is 22.7 Å². The fourth-order valence-corrected chi connectivity index (χ4v) is 1.76. The highest BCUT2D eigenvalue weighted by atomic mass is 35.5. The molecule has 18 heavy (non-hydrogen) atoms. The summed E-state index contributed by atoms with van der Waals surface area (Å²) in [6.07, 6.45) is 0. The van der Waals surface area contributed by atoms with Crippen LogP contribution in [0.15, 0.2) is 12.1 Å². The minimum atomic E-state index is 0. The molecule has 0 unspecified atom stereocenters. The average Bonchev–Trinajstić information content (AvgIpc) is 2.28. The molecule has 0 aliphatic heterocycles. The molecule has 1 rings (SSSR count). The molecule has 0 bridgehead atoms. The molecule has 0 saturated heterocycles. The first-order valence-corrected chi connectivity index (χ1v) is 6.18. The maximum absolute atomic E-state index is 6.05. The van der Waals surface area contributed by atoms with E-state index in [9.17, 15) is 0 Å². The van der Waals surface area contributed by atoms with E-state index >= 15 is 0 Å². The van der Waals surface area contributed by atoms with Gasteiger partial charge in [0.25, 0.3) is 0 Å². The van der Waals surface area contributed by atoms with Gasteiger partial charge in [0.15, 0.2) is 11.5 Å². The molecular formula is C13H21Cl2NO2. The number of ether oxygens (including phenoxy) is 2. The second-order valence-corrected chi connectivity index (χ2v) is 4.50. The number of methoxy groups -OCH3 is 1. The molecule has 0 aliphatic rings. The summed E-state index contributed by atoms with van der Waals surface area (Å²) in [7, 11) is 1.62. The van der Waals surface area contributed by atoms with Crippen LogP contribution in [-0.4, -0.2) is 19.8 Å². The van der Waals surface area contributed by atoms with Gasteiger partial charge in [0.1, 0.15) is 0 Å². The minimum Gasteiger partial charge on any atom is -0.493 e. The molecule has 0 amide bonds. The Labute approximate surface area is 120 Å². The summed E-state index contributed by atoms with van der Waals surface area (Å²) in [5.41, 5.74) is 1.02. The number of hydrogen-bond acceptors (Lipinski definition) is 3. The Kier molecular flexibility index (Phi) is 8.16. The smallest absolute Gasteiger partial charge is 0.165 e. The molecule has 5 heteroatoms. The first-order chi connectivity index (χ1) is 8.08. The van der Waals surface area contributed by atoms with E-state index in [2.05, 4.69) is 19.2 Å². The van der Waals surface area contributed by atoms with Crippen molar-refractivity contribution in [3.8, 4) is 11.5 Å². The van der Waals surface area contributed by atoms with E-state index < -0.39 is 0 Å². The van der Waals surface area contributed by atoms with Crippen molar-refractivity contribution in [1.82, 2.24) is 5.32 Å². The van der Waals surface area contributed by atoms with Gasteiger partial charge in [-0.1, -0.05) is 25.4 Å².